The quantitative estimate of drug-likeness (QED) is 0.838. The average Bonchev–Trinajstić information content (AvgIpc) is 2.23. The smallest absolute Gasteiger partial charge is 0.407 e. The van der Waals surface area contributed by atoms with Gasteiger partial charge >= 0.3 is 6.09 Å². The largest absolute Gasteiger partial charge is 0.444 e. The first-order chi connectivity index (χ1) is 8.30. The predicted octanol–water partition coefficient (Wildman–Crippen LogP) is 2.06. The maximum atomic E-state index is 13.1. The van der Waals surface area contributed by atoms with Gasteiger partial charge in [0.1, 0.15) is 17.1 Å². The van der Waals surface area contributed by atoms with Crippen molar-refractivity contribution in [2.45, 2.75) is 32.9 Å². The van der Waals surface area contributed by atoms with Crippen LogP contribution in [0.15, 0.2) is 12.1 Å². The Labute approximate surface area is 104 Å². The van der Waals surface area contributed by atoms with Crippen LogP contribution in [-0.2, 0) is 11.3 Å². The summed E-state index contributed by atoms with van der Waals surface area (Å²) in [7, 11) is 0. The monoisotopic (exact) mass is 254 g/mol. The van der Waals surface area contributed by atoms with E-state index in [2.05, 4.69) is 10.3 Å². The molecule has 1 rings (SSSR count). The number of halogens is 1. The molecule has 0 saturated heterocycles. The summed E-state index contributed by atoms with van der Waals surface area (Å²) >= 11 is 0. The lowest BCUT2D eigenvalue weighted by molar-refractivity contribution is 0.0523. The number of nitrogens with one attached hydrogen (secondary N) is 1. The van der Waals surface area contributed by atoms with E-state index in [1.54, 1.807) is 20.8 Å². The zero-order valence-corrected chi connectivity index (χ0v) is 10.5. The minimum Gasteiger partial charge on any atom is -0.444 e. The fourth-order valence-electron chi connectivity index (χ4n) is 1.20. The fourth-order valence-corrected chi connectivity index (χ4v) is 1.20. The number of carbonyl (C=O) groups is 2. The zero-order chi connectivity index (χ0) is 13.8. The number of ether oxygens (including phenoxy) is 1. The van der Waals surface area contributed by atoms with Crippen molar-refractivity contribution in [2.24, 2.45) is 0 Å². The lowest BCUT2D eigenvalue weighted by Crippen LogP contribution is -2.32. The third-order valence-electron chi connectivity index (χ3n) is 1.80. The van der Waals surface area contributed by atoms with Crippen molar-refractivity contribution in [3.8, 4) is 0 Å². The highest BCUT2D eigenvalue weighted by molar-refractivity contribution is 5.71. The van der Waals surface area contributed by atoms with Crippen LogP contribution < -0.4 is 5.32 Å². The van der Waals surface area contributed by atoms with Gasteiger partial charge in [0.25, 0.3) is 0 Å². The van der Waals surface area contributed by atoms with Crippen LogP contribution in [-0.4, -0.2) is 23.0 Å². The molecule has 0 atom stereocenters. The Morgan fingerprint density at radius 3 is 2.72 bits per heavy atom. The summed E-state index contributed by atoms with van der Waals surface area (Å²) in [6.07, 6.45) is -0.179. The Kier molecular flexibility index (Phi) is 4.36. The summed E-state index contributed by atoms with van der Waals surface area (Å²) in [5, 5.41) is 2.43. The first-order valence-electron chi connectivity index (χ1n) is 5.38. The summed E-state index contributed by atoms with van der Waals surface area (Å²) in [4.78, 5) is 25.7. The van der Waals surface area contributed by atoms with E-state index in [4.69, 9.17) is 4.74 Å². The van der Waals surface area contributed by atoms with Crippen LogP contribution in [0.5, 0.6) is 0 Å². The molecule has 1 N–H and O–H groups in total. The zero-order valence-electron chi connectivity index (χ0n) is 10.5. The molecule has 6 heteroatoms. The van der Waals surface area contributed by atoms with Crippen LogP contribution in [0.2, 0.25) is 0 Å². The Morgan fingerprint density at radius 1 is 1.50 bits per heavy atom. The van der Waals surface area contributed by atoms with E-state index in [9.17, 15) is 14.0 Å². The molecule has 0 aliphatic carbocycles. The molecule has 1 aromatic rings. The Balaban J connectivity index is 2.61. The second-order valence-corrected chi connectivity index (χ2v) is 4.67. The molecule has 1 aromatic heterocycles. The molecule has 1 amide bonds. The lowest BCUT2D eigenvalue weighted by atomic mass is 10.2. The molecule has 0 aliphatic heterocycles. The number of amides is 1. The van der Waals surface area contributed by atoms with Gasteiger partial charge in [0.05, 0.1) is 12.2 Å². The van der Waals surface area contributed by atoms with E-state index in [0.717, 1.165) is 12.1 Å². The second kappa shape index (κ2) is 5.57. The Morgan fingerprint density at radius 2 is 2.17 bits per heavy atom. The lowest BCUT2D eigenvalue weighted by Gasteiger charge is -2.19. The van der Waals surface area contributed by atoms with Crippen LogP contribution in [0, 0.1) is 5.82 Å². The number of rotatable bonds is 3. The number of hydrogen-bond acceptors (Lipinski definition) is 4. The minimum atomic E-state index is -0.624. The standard InChI is InChI=1S/C12H15FN2O3/c1-12(2,3)18-11(17)14-6-9-4-8(13)5-10(7-16)15-9/h4-5,7H,6H2,1-3H3,(H,14,17). The summed E-state index contributed by atoms with van der Waals surface area (Å²) < 4.78 is 18.1. The number of pyridine rings is 1. The Hall–Kier alpha value is -1.98. The number of aldehydes is 1. The molecule has 0 fully saturated rings. The normalized spacial score (nSPS) is 10.9. The van der Waals surface area contributed by atoms with Crippen molar-refractivity contribution in [1.82, 2.24) is 10.3 Å². The van der Waals surface area contributed by atoms with Crippen molar-refractivity contribution in [3.63, 3.8) is 0 Å². The summed E-state index contributed by atoms with van der Waals surface area (Å²) in [6, 6.07) is 2.16. The predicted molar refractivity (Wildman–Crippen MR) is 62.7 cm³/mol. The van der Waals surface area contributed by atoms with Gasteiger partial charge in [-0.3, -0.25) is 4.79 Å². The minimum absolute atomic E-state index is 0.00644. The summed E-state index contributed by atoms with van der Waals surface area (Å²) in [6.45, 7) is 5.19. The molecule has 0 saturated carbocycles. The molecule has 18 heavy (non-hydrogen) atoms. The molecule has 98 valence electrons. The molecule has 0 bridgehead atoms. The SMILES string of the molecule is CC(C)(C)OC(=O)NCc1cc(F)cc(C=O)n1. The third kappa shape index (κ3) is 4.90. The van der Waals surface area contributed by atoms with Crippen LogP contribution in [0.4, 0.5) is 9.18 Å². The molecule has 0 radical (unpaired) electrons. The number of aromatic nitrogens is 1. The summed E-state index contributed by atoms with van der Waals surface area (Å²) in [5.41, 5.74) is -0.369. The van der Waals surface area contributed by atoms with Crippen molar-refractivity contribution < 1.29 is 18.7 Å². The van der Waals surface area contributed by atoms with Crippen molar-refractivity contribution in [2.75, 3.05) is 0 Å². The summed E-state index contributed by atoms with van der Waals surface area (Å²) in [5.74, 6) is -0.576. The van der Waals surface area contributed by atoms with E-state index < -0.39 is 17.5 Å². The molecule has 0 aromatic carbocycles. The van der Waals surface area contributed by atoms with Crippen molar-refractivity contribution in [3.05, 3.63) is 29.3 Å². The molecule has 1 heterocycles. The molecule has 0 spiro atoms. The van der Waals surface area contributed by atoms with E-state index in [-0.39, 0.29) is 17.9 Å². The highest BCUT2D eigenvalue weighted by Gasteiger charge is 2.15. The number of nitrogens with zero attached hydrogens (tertiary/aromatic N) is 1. The van der Waals surface area contributed by atoms with Gasteiger partial charge in [0.15, 0.2) is 6.29 Å². The topological polar surface area (TPSA) is 68.3 Å². The molecular formula is C12H15FN2O3. The van der Waals surface area contributed by atoms with E-state index in [1.807, 2.05) is 0 Å². The van der Waals surface area contributed by atoms with Crippen LogP contribution in [0.1, 0.15) is 37.0 Å². The number of hydrogen-bond donors (Lipinski definition) is 1. The molecule has 5 nitrogen and oxygen atoms in total. The van der Waals surface area contributed by atoms with Gasteiger partial charge in [-0.15, -0.1) is 0 Å². The maximum absolute atomic E-state index is 13.1. The third-order valence-corrected chi connectivity index (χ3v) is 1.80. The van der Waals surface area contributed by atoms with Gasteiger partial charge in [-0.05, 0) is 26.8 Å². The highest BCUT2D eigenvalue weighted by Crippen LogP contribution is 2.07. The fraction of sp³-hybridized carbons (Fsp3) is 0.417. The van der Waals surface area contributed by atoms with Gasteiger partial charge in [-0.25, -0.2) is 14.2 Å². The van der Waals surface area contributed by atoms with Crippen LogP contribution >= 0.6 is 0 Å². The van der Waals surface area contributed by atoms with E-state index in [1.165, 1.54) is 0 Å². The maximum Gasteiger partial charge on any atom is 0.407 e. The van der Waals surface area contributed by atoms with Gasteiger partial charge in [0.2, 0.25) is 0 Å². The van der Waals surface area contributed by atoms with Crippen molar-refractivity contribution >= 4 is 12.4 Å². The van der Waals surface area contributed by atoms with E-state index >= 15 is 0 Å². The molecular weight excluding hydrogens is 239 g/mol. The van der Waals surface area contributed by atoms with Crippen LogP contribution in [0.3, 0.4) is 0 Å². The second-order valence-electron chi connectivity index (χ2n) is 4.67. The van der Waals surface area contributed by atoms with Gasteiger partial charge in [0, 0.05) is 6.07 Å². The van der Waals surface area contributed by atoms with Gasteiger partial charge < -0.3 is 10.1 Å². The van der Waals surface area contributed by atoms with Gasteiger partial charge in [-0.1, -0.05) is 0 Å². The van der Waals surface area contributed by atoms with Crippen LogP contribution in [0.25, 0.3) is 0 Å². The number of carbonyl (C=O) groups excluding carboxylic acids is 2. The number of alkyl carbamates (subject to hydrolysis) is 1. The Bertz CT molecular complexity index is 455. The highest BCUT2D eigenvalue weighted by atomic mass is 19.1. The molecule has 0 aliphatic rings. The molecule has 0 unspecified atom stereocenters. The first-order valence-corrected chi connectivity index (χ1v) is 5.38. The van der Waals surface area contributed by atoms with Gasteiger partial charge in [-0.2, -0.15) is 0 Å². The average molecular weight is 254 g/mol. The van der Waals surface area contributed by atoms with E-state index in [0.29, 0.717) is 6.29 Å². The first kappa shape index (κ1) is 14.1. The van der Waals surface area contributed by atoms with Crippen molar-refractivity contribution in [1.29, 1.82) is 0 Å².